The molecular weight excluding hydrogens is 252 g/mol. The average Bonchev–Trinajstić information content (AvgIpc) is 2.49. The number of nitrogens with one attached hydrogen (secondary N) is 1. The third-order valence-corrected chi connectivity index (χ3v) is 3.60. The van der Waals surface area contributed by atoms with Crippen molar-refractivity contribution in [2.75, 3.05) is 11.9 Å². The molecule has 0 bridgehead atoms. The summed E-state index contributed by atoms with van der Waals surface area (Å²) >= 11 is 0. The van der Waals surface area contributed by atoms with Crippen molar-refractivity contribution in [3.63, 3.8) is 0 Å². The van der Waals surface area contributed by atoms with Gasteiger partial charge in [-0.2, -0.15) is 0 Å². The highest BCUT2D eigenvalue weighted by atomic mass is 16.1. The Morgan fingerprint density at radius 2 is 2.20 bits per heavy atom. The van der Waals surface area contributed by atoms with E-state index in [9.17, 15) is 4.79 Å². The van der Waals surface area contributed by atoms with Gasteiger partial charge in [-0.3, -0.25) is 14.8 Å². The molecular formula is C15H16N4O. The van der Waals surface area contributed by atoms with E-state index < -0.39 is 0 Å². The van der Waals surface area contributed by atoms with E-state index in [1.807, 2.05) is 12.1 Å². The van der Waals surface area contributed by atoms with Crippen LogP contribution in [-0.2, 0) is 11.2 Å². The molecule has 2 aromatic rings. The fourth-order valence-electron chi connectivity index (χ4n) is 2.54. The molecule has 3 N–H and O–H groups in total. The summed E-state index contributed by atoms with van der Waals surface area (Å²) in [5.74, 6) is 0.112. The van der Waals surface area contributed by atoms with Crippen LogP contribution in [0.15, 0.2) is 36.8 Å². The number of benzene rings is 1. The highest BCUT2D eigenvalue weighted by molar-refractivity contribution is 5.93. The number of carbonyl (C=O) groups excluding carboxylic acids is 1. The second-order valence-corrected chi connectivity index (χ2v) is 4.88. The standard InChI is InChI=1S/C15H16N4O/c16-8-12(14-9-17-5-6-18-14)10-1-3-13-11(7-10)2-4-15(20)19-13/h1,3,5-7,9,12H,2,4,8,16H2,(H,19,20). The molecule has 1 aliphatic rings. The Balaban J connectivity index is 1.95. The predicted molar refractivity (Wildman–Crippen MR) is 76.3 cm³/mol. The zero-order valence-electron chi connectivity index (χ0n) is 11.0. The molecule has 0 saturated carbocycles. The zero-order valence-corrected chi connectivity index (χ0v) is 11.0. The summed E-state index contributed by atoms with van der Waals surface area (Å²) in [5, 5.41) is 2.89. The smallest absolute Gasteiger partial charge is 0.224 e. The number of amides is 1. The van der Waals surface area contributed by atoms with Gasteiger partial charge in [0.15, 0.2) is 0 Å². The summed E-state index contributed by atoms with van der Waals surface area (Å²) in [7, 11) is 0. The summed E-state index contributed by atoms with van der Waals surface area (Å²) in [6.07, 6.45) is 6.39. The Morgan fingerprint density at radius 1 is 1.30 bits per heavy atom. The van der Waals surface area contributed by atoms with Gasteiger partial charge in [-0.05, 0) is 23.6 Å². The van der Waals surface area contributed by atoms with Gasteiger partial charge in [0.25, 0.3) is 0 Å². The van der Waals surface area contributed by atoms with Crippen LogP contribution in [0, 0.1) is 0 Å². The van der Waals surface area contributed by atoms with Gasteiger partial charge in [-0.15, -0.1) is 0 Å². The molecule has 102 valence electrons. The van der Waals surface area contributed by atoms with Crippen molar-refractivity contribution in [1.29, 1.82) is 0 Å². The molecule has 5 nitrogen and oxygen atoms in total. The Labute approximate surface area is 117 Å². The van der Waals surface area contributed by atoms with Crippen LogP contribution in [-0.4, -0.2) is 22.4 Å². The third-order valence-electron chi connectivity index (χ3n) is 3.60. The van der Waals surface area contributed by atoms with Crippen LogP contribution in [0.5, 0.6) is 0 Å². The van der Waals surface area contributed by atoms with E-state index in [0.717, 1.165) is 28.9 Å². The van der Waals surface area contributed by atoms with Crippen molar-refractivity contribution in [2.24, 2.45) is 5.73 Å². The lowest BCUT2D eigenvalue weighted by atomic mass is 9.91. The molecule has 1 aliphatic heterocycles. The van der Waals surface area contributed by atoms with Gasteiger partial charge in [-0.25, -0.2) is 0 Å². The summed E-state index contributed by atoms with van der Waals surface area (Å²) in [6.45, 7) is 0.476. The first-order chi connectivity index (χ1) is 9.78. The molecule has 0 radical (unpaired) electrons. The second kappa shape index (κ2) is 5.38. The molecule has 5 heteroatoms. The maximum atomic E-state index is 11.4. The minimum absolute atomic E-state index is 0.0339. The van der Waals surface area contributed by atoms with Crippen LogP contribution in [0.3, 0.4) is 0 Å². The highest BCUT2D eigenvalue weighted by Crippen LogP contribution is 2.28. The Hall–Kier alpha value is -2.27. The molecule has 2 heterocycles. The van der Waals surface area contributed by atoms with Gasteiger partial charge >= 0.3 is 0 Å². The fourth-order valence-corrected chi connectivity index (χ4v) is 2.54. The number of anilines is 1. The van der Waals surface area contributed by atoms with Gasteiger partial charge in [0.2, 0.25) is 5.91 Å². The van der Waals surface area contributed by atoms with Crippen LogP contribution < -0.4 is 11.1 Å². The third kappa shape index (κ3) is 2.40. The number of aryl methyl sites for hydroxylation is 1. The fraction of sp³-hybridized carbons (Fsp3) is 0.267. The maximum Gasteiger partial charge on any atom is 0.224 e. The normalized spacial score (nSPS) is 15.3. The Morgan fingerprint density at radius 3 is 2.95 bits per heavy atom. The zero-order chi connectivity index (χ0) is 13.9. The number of nitrogens with two attached hydrogens (primary N) is 1. The molecule has 0 fully saturated rings. The van der Waals surface area contributed by atoms with E-state index in [4.69, 9.17) is 5.73 Å². The quantitative estimate of drug-likeness (QED) is 0.883. The molecule has 1 aromatic heterocycles. The van der Waals surface area contributed by atoms with Crippen molar-refractivity contribution >= 4 is 11.6 Å². The molecule has 1 atom stereocenters. The summed E-state index contributed by atoms with van der Waals surface area (Å²) in [5.41, 5.74) is 9.94. The number of rotatable bonds is 3. The topological polar surface area (TPSA) is 80.9 Å². The first-order valence-corrected chi connectivity index (χ1v) is 6.66. The predicted octanol–water partition coefficient (Wildman–Crippen LogP) is 1.45. The molecule has 0 spiro atoms. The minimum atomic E-state index is 0.0339. The van der Waals surface area contributed by atoms with Crippen LogP contribution >= 0.6 is 0 Å². The lowest BCUT2D eigenvalue weighted by molar-refractivity contribution is -0.116. The van der Waals surface area contributed by atoms with Gasteiger partial charge in [0, 0.05) is 43.2 Å². The van der Waals surface area contributed by atoms with E-state index >= 15 is 0 Å². The maximum absolute atomic E-state index is 11.4. The summed E-state index contributed by atoms with van der Waals surface area (Å²) in [6, 6.07) is 6.05. The molecule has 1 aromatic carbocycles. The van der Waals surface area contributed by atoms with Crippen LogP contribution in [0.2, 0.25) is 0 Å². The molecule has 3 rings (SSSR count). The minimum Gasteiger partial charge on any atom is -0.329 e. The van der Waals surface area contributed by atoms with Crippen molar-refractivity contribution in [3.8, 4) is 0 Å². The van der Waals surface area contributed by atoms with Gasteiger partial charge in [-0.1, -0.05) is 12.1 Å². The van der Waals surface area contributed by atoms with Gasteiger partial charge in [0.1, 0.15) is 0 Å². The summed E-state index contributed by atoms with van der Waals surface area (Å²) < 4.78 is 0. The van der Waals surface area contributed by atoms with Crippen LogP contribution in [0.4, 0.5) is 5.69 Å². The second-order valence-electron chi connectivity index (χ2n) is 4.88. The van der Waals surface area contributed by atoms with Crippen LogP contribution in [0.25, 0.3) is 0 Å². The molecule has 0 aliphatic carbocycles. The van der Waals surface area contributed by atoms with Crippen molar-refractivity contribution < 1.29 is 4.79 Å². The van der Waals surface area contributed by atoms with E-state index in [0.29, 0.717) is 13.0 Å². The molecule has 20 heavy (non-hydrogen) atoms. The summed E-state index contributed by atoms with van der Waals surface area (Å²) in [4.78, 5) is 19.8. The number of aromatic nitrogens is 2. The molecule has 0 saturated heterocycles. The van der Waals surface area contributed by atoms with Gasteiger partial charge < -0.3 is 11.1 Å². The number of nitrogens with zero attached hydrogens (tertiary/aromatic N) is 2. The van der Waals surface area contributed by atoms with Crippen LogP contribution in [0.1, 0.15) is 29.2 Å². The molecule has 1 unspecified atom stereocenters. The van der Waals surface area contributed by atoms with Crippen molar-refractivity contribution in [1.82, 2.24) is 9.97 Å². The SMILES string of the molecule is NCC(c1ccc2c(c1)CCC(=O)N2)c1cnccn1. The number of carbonyl (C=O) groups is 1. The van der Waals surface area contributed by atoms with E-state index in [-0.39, 0.29) is 11.8 Å². The first kappa shape index (κ1) is 12.7. The lowest BCUT2D eigenvalue weighted by Gasteiger charge is -2.20. The van der Waals surface area contributed by atoms with E-state index in [1.165, 1.54) is 0 Å². The highest BCUT2D eigenvalue weighted by Gasteiger charge is 2.19. The number of hydrogen-bond donors (Lipinski definition) is 2. The lowest BCUT2D eigenvalue weighted by Crippen LogP contribution is -2.20. The van der Waals surface area contributed by atoms with Gasteiger partial charge in [0.05, 0.1) is 5.69 Å². The monoisotopic (exact) mass is 268 g/mol. The Bertz CT molecular complexity index is 627. The number of fused-ring (bicyclic) bond motifs is 1. The largest absolute Gasteiger partial charge is 0.329 e. The first-order valence-electron chi connectivity index (χ1n) is 6.66. The van der Waals surface area contributed by atoms with E-state index in [1.54, 1.807) is 18.6 Å². The van der Waals surface area contributed by atoms with E-state index in [2.05, 4.69) is 21.4 Å². The Kier molecular flexibility index (Phi) is 3.43. The molecule has 1 amide bonds. The van der Waals surface area contributed by atoms with Crippen molar-refractivity contribution in [2.45, 2.75) is 18.8 Å². The number of hydrogen-bond acceptors (Lipinski definition) is 4. The average molecular weight is 268 g/mol. The van der Waals surface area contributed by atoms with Crippen molar-refractivity contribution in [3.05, 3.63) is 53.6 Å².